The lowest BCUT2D eigenvalue weighted by Gasteiger charge is -2.26. The Hall–Kier alpha value is -4.37. The minimum absolute atomic E-state index is 0.606. The lowest BCUT2D eigenvalue weighted by molar-refractivity contribution is 0.211. The van der Waals surface area contributed by atoms with E-state index in [4.69, 9.17) is 31.0 Å². The highest BCUT2D eigenvalue weighted by atomic mass is 35.5. The molecule has 272 valence electrons. The molecule has 8 nitrogen and oxygen atoms in total. The van der Waals surface area contributed by atoms with Crippen LogP contribution in [0.25, 0.3) is 22.1 Å². The monoisotopic (exact) mass is 718 g/mol. The van der Waals surface area contributed by atoms with Crippen molar-refractivity contribution in [1.29, 1.82) is 0 Å². The molecule has 2 aromatic heterocycles. The van der Waals surface area contributed by atoms with Crippen LogP contribution in [-0.4, -0.2) is 68.3 Å². The van der Waals surface area contributed by atoms with Crippen LogP contribution in [0.3, 0.4) is 0 Å². The van der Waals surface area contributed by atoms with Gasteiger partial charge in [-0.15, -0.1) is 0 Å². The Morgan fingerprint density at radius 1 is 0.558 bits per heavy atom. The molecule has 52 heavy (non-hydrogen) atoms. The van der Waals surface area contributed by atoms with E-state index in [2.05, 4.69) is 80.5 Å². The van der Waals surface area contributed by atoms with Crippen LogP contribution in [0, 0.1) is 6.92 Å². The highest BCUT2D eigenvalue weighted by Crippen LogP contribution is 2.22. The van der Waals surface area contributed by atoms with Crippen molar-refractivity contribution in [1.82, 2.24) is 28.9 Å². The zero-order valence-electron chi connectivity index (χ0n) is 30.4. The number of aromatic nitrogens is 4. The number of hydrogen-bond acceptors (Lipinski definition) is 6. The molecular formula is C43H51ClN6O2. The Labute approximate surface area is 312 Å². The maximum Gasteiger partial charge on any atom is 0.124 e. The highest BCUT2D eigenvalue weighted by Gasteiger charge is 2.18. The summed E-state index contributed by atoms with van der Waals surface area (Å²) in [6.07, 6.45) is 7.89. The van der Waals surface area contributed by atoms with E-state index in [1.807, 2.05) is 42.5 Å². The standard InChI is InChI=1S/C22H27N3O.C21H24ClN3O/c1-18-9-3-6-12-21(18)26-16-15-25-20-11-5-4-10-19(20)23-22(25)17-24-13-7-2-8-14-24;22-17-8-10-18(11-9-17)26-15-14-25-20-7-3-2-6-19(20)23-21(25)16-24-12-4-1-5-13-24/h3-6,9-12H,2,7-8,13-17H2,1H3;2-3,6-11H,1,4-5,12-16H2. The van der Waals surface area contributed by atoms with Crippen LogP contribution in [0.15, 0.2) is 97.1 Å². The van der Waals surface area contributed by atoms with E-state index in [-0.39, 0.29) is 0 Å². The fourth-order valence-corrected chi connectivity index (χ4v) is 7.50. The Kier molecular flexibility index (Phi) is 12.4. The molecule has 0 N–H and O–H groups in total. The summed E-state index contributed by atoms with van der Waals surface area (Å²) in [5.74, 6) is 4.10. The van der Waals surface area contributed by atoms with Crippen molar-refractivity contribution in [3.05, 3.63) is 119 Å². The summed E-state index contributed by atoms with van der Waals surface area (Å²) in [5, 5.41) is 0.724. The van der Waals surface area contributed by atoms with Crippen molar-refractivity contribution in [3.8, 4) is 11.5 Å². The van der Waals surface area contributed by atoms with Crippen LogP contribution in [0.4, 0.5) is 0 Å². The molecule has 0 aliphatic carbocycles. The third kappa shape index (κ3) is 9.34. The summed E-state index contributed by atoms with van der Waals surface area (Å²) in [6.45, 7) is 11.5. The number of para-hydroxylation sites is 5. The topological polar surface area (TPSA) is 60.6 Å². The fourth-order valence-electron chi connectivity index (χ4n) is 7.38. The predicted octanol–water partition coefficient (Wildman–Crippen LogP) is 9.16. The van der Waals surface area contributed by atoms with Gasteiger partial charge in [0.15, 0.2) is 0 Å². The molecule has 2 fully saturated rings. The molecule has 4 heterocycles. The van der Waals surface area contributed by atoms with E-state index in [1.165, 1.54) is 81.3 Å². The van der Waals surface area contributed by atoms with Crippen LogP contribution in [-0.2, 0) is 26.2 Å². The molecule has 8 rings (SSSR count). The van der Waals surface area contributed by atoms with Crippen molar-refractivity contribution in [2.24, 2.45) is 0 Å². The van der Waals surface area contributed by atoms with Crippen LogP contribution in [0.5, 0.6) is 11.5 Å². The number of imidazole rings is 2. The van der Waals surface area contributed by atoms with Crippen LogP contribution in [0.1, 0.15) is 55.7 Å². The third-order valence-electron chi connectivity index (χ3n) is 10.2. The van der Waals surface area contributed by atoms with Crippen LogP contribution < -0.4 is 9.47 Å². The van der Waals surface area contributed by atoms with Gasteiger partial charge in [0.2, 0.25) is 0 Å². The molecular weight excluding hydrogens is 668 g/mol. The van der Waals surface area contributed by atoms with Gasteiger partial charge in [0, 0.05) is 5.02 Å². The summed E-state index contributed by atoms with van der Waals surface area (Å²) in [5.41, 5.74) is 5.70. The number of piperidine rings is 2. The number of benzene rings is 4. The van der Waals surface area contributed by atoms with Gasteiger partial charge < -0.3 is 18.6 Å². The van der Waals surface area contributed by atoms with Gasteiger partial charge in [-0.05, 0) is 119 Å². The Morgan fingerprint density at radius 2 is 1.04 bits per heavy atom. The van der Waals surface area contributed by atoms with Crippen molar-refractivity contribution >= 4 is 33.7 Å². The zero-order valence-corrected chi connectivity index (χ0v) is 31.2. The average Bonchev–Trinajstić information content (AvgIpc) is 3.71. The van der Waals surface area contributed by atoms with E-state index in [1.54, 1.807) is 0 Å². The summed E-state index contributed by atoms with van der Waals surface area (Å²) >= 11 is 5.93. The Balaban J connectivity index is 0.000000162. The molecule has 4 aromatic carbocycles. The van der Waals surface area contributed by atoms with Gasteiger partial charge in [0.1, 0.15) is 36.4 Å². The largest absolute Gasteiger partial charge is 0.492 e. The van der Waals surface area contributed by atoms with E-state index >= 15 is 0 Å². The average molecular weight is 719 g/mol. The first-order chi connectivity index (χ1) is 25.6. The second kappa shape index (κ2) is 17.9. The number of likely N-dealkylation sites (tertiary alicyclic amines) is 2. The molecule has 0 spiro atoms. The number of hydrogen-bond donors (Lipinski definition) is 0. The molecule has 2 aliphatic heterocycles. The fraction of sp³-hybridized carbons (Fsp3) is 0.395. The predicted molar refractivity (Wildman–Crippen MR) is 211 cm³/mol. The molecule has 0 atom stereocenters. The Bertz CT molecular complexity index is 2010. The molecule has 0 bridgehead atoms. The second-order valence-electron chi connectivity index (χ2n) is 13.9. The van der Waals surface area contributed by atoms with Crippen molar-refractivity contribution < 1.29 is 9.47 Å². The normalized spacial score (nSPS) is 15.4. The first kappa shape index (κ1) is 36.0. The number of aryl methyl sites for hydroxylation is 1. The third-order valence-corrected chi connectivity index (χ3v) is 10.4. The quantitative estimate of drug-likeness (QED) is 0.126. The molecule has 0 saturated carbocycles. The second-order valence-corrected chi connectivity index (χ2v) is 14.4. The SMILES string of the molecule is Cc1ccccc1OCCn1c(CN2CCCCC2)nc2ccccc21.Clc1ccc(OCCn2c(CN3CCCCC3)nc3ccccc32)cc1. The molecule has 0 radical (unpaired) electrons. The smallest absolute Gasteiger partial charge is 0.124 e. The number of nitrogens with zero attached hydrogens (tertiary/aromatic N) is 6. The maximum absolute atomic E-state index is 6.04. The van der Waals surface area contributed by atoms with Gasteiger partial charge in [0.25, 0.3) is 0 Å². The van der Waals surface area contributed by atoms with Gasteiger partial charge in [-0.1, -0.05) is 66.9 Å². The number of fused-ring (bicyclic) bond motifs is 2. The van der Waals surface area contributed by atoms with E-state index < -0.39 is 0 Å². The highest BCUT2D eigenvalue weighted by molar-refractivity contribution is 6.30. The molecule has 2 saturated heterocycles. The summed E-state index contributed by atoms with van der Waals surface area (Å²) in [6, 6.07) is 32.5. The molecule has 9 heteroatoms. The van der Waals surface area contributed by atoms with Gasteiger partial charge in [-0.2, -0.15) is 0 Å². The number of ether oxygens (including phenoxy) is 2. The van der Waals surface area contributed by atoms with Crippen LogP contribution in [0.2, 0.25) is 5.02 Å². The van der Waals surface area contributed by atoms with Gasteiger partial charge in [-0.25, -0.2) is 9.97 Å². The summed E-state index contributed by atoms with van der Waals surface area (Å²) in [4.78, 5) is 14.9. The number of halogens is 1. The lowest BCUT2D eigenvalue weighted by atomic mass is 10.1. The lowest BCUT2D eigenvalue weighted by Crippen LogP contribution is -2.30. The van der Waals surface area contributed by atoms with Crippen molar-refractivity contribution in [2.75, 3.05) is 39.4 Å². The minimum atomic E-state index is 0.606. The first-order valence-electron chi connectivity index (χ1n) is 19.0. The first-order valence-corrected chi connectivity index (χ1v) is 19.4. The minimum Gasteiger partial charge on any atom is -0.492 e. The van der Waals surface area contributed by atoms with Crippen molar-refractivity contribution in [2.45, 2.75) is 71.6 Å². The van der Waals surface area contributed by atoms with E-state index in [0.717, 1.165) is 65.4 Å². The molecule has 0 amide bonds. The zero-order chi connectivity index (χ0) is 35.5. The van der Waals surface area contributed by atoms with Gasteiger partial charge >= 0.3 is 0 Å². The number of rotatable bonds is 12. The van der Waals surface area contributed by atoms with Gasteiger partial charge in [-0.3, -0.25) is 9.80 Å². The summed E-state index contributed by atoms with van der Waals surface area (Å²) in [7, 11) is 0. The summed E-state index contributed by atoms with van der Waals surface area (Å²) < 4.78 is 16.6. The molecule has 2 aliphatic rings. The van der Waals surface area contributed by atoms with Crippen LogP contribution >= 0.6 is 11.6 Å². The Morgan fingerprint density at radius 3 is 1.58 bits per heavy atom. The van der Waals surface area contributed by atoms with E-state index in [9.17, 15) is 0 Å². The molecule has 6 aromatic rings. The van der Waals surface area contributed by atoms with Gasteiger partial charge in [0.05, 0.1) is 48.2 Å². The van der Waals surface area contributed by atoms with Crippen molar-refractivity contribution in [3.63, 3.8) is 0 Å². The maximum atomic E-state index is 6.04. The van der Waals surface area contributed by atoms with E-state index in [0.29, 0.717) is 13.2 Å². The molecule has 0 unspecified atom stereocenters.